The number of methoxy groups -OCH3 is 1. The Balaban J connectivity index is 0.000000163. The lowest BCUT2D eigenvalue weighted by atomic mass is 10.2. The molecule has 0 atom stereocenters. The van der Waals surface area contributed by atoms with Crippen molar-refractivity contribution in [2.75, 3.05) is 7.11 Å². The van der Waals surface area contributed by atoms with Gasteiger partial charge >= 0.3 is 0 Å². The van der Waals surface area contributed by atoms with Crippen LogP contribution in [0.2, 0.25) is 0 Å². The van der Waals surface area contributed by atoms with Gasteiger partial charge < -0.3 is 13.6 Å². The van der Waals surface area contributed by atoms with E-state index in [2.05, 4.69) is 6.92 Å². The number of ether oxygens (including phenoxy) is 1. The second kappa shape index (κ2) is 9.48. The van der Waals surface area contributed by atoms with E-state index in [0.717, 1.165) is 17.3 Å². The first-order valence-electron chi connectivity index (χ1n) is 6.72. The van der Waals surface area contributed by atoms with Crippen LogP contribution in [0.4, 0.5) is 0 Å². The molecule has 2 heterocycles. The van der Waals surface area contributed by atoms with Crippen molar-refractivity contribution in [1.29, 1.82) is 0 Å². The van der Waals surface area contributed by atoms with Gasteiger partial charge in [0, 0.05) is 0 Å². The quantitative estimate of drug-likeness (QED) is 0.618. The third-order valence-corrected chi connectivity index (χ3v) is 2.58. The van der Waals surface area contributed by atoms with Crippen molar-refractivity contribution in [3.05, 3.63) is 78.1 Å². The van der Waals surface area contributed by atoms with Gasteiger partial charge in [0.2, 0.25) is 0 Å². The first kappa shape index (κ1) is 16.6. The summed E-state index contributed by atoms with van der Waals surface area (Å²) in [5.41, 5.74) is 1.26. The monoisotopic (exact) mass is 286 g/mol. The zero-order valence-electron chi connectivity index (χ0n) is 13.0. The molecule has 0 aliphatic carbocycles. The summed E-state index contributed by atoms with van der Waals surface area (Å²) >= 11 is 0. The maximum absolute atomic E-state index is 4.97. The van der Waals surface area contributed by atoms with Crippen molar-refractivity contribution in [2.24, 2.45) is 0 Å². The fourth-order valence-electron chi connectivity index (χ4n) is 1.40. The molecule has 0 saturated carbocycles. The van der Waals surface area contributed by atoms with Crippen molar-refractivity contribution >= 4 is 0 Å². The van der Waals surface area contributed by atoms with Crippen LogP contribution in [0, 0.1) is 20.8 Å². The van der Waals surface area contributed by atoms with Gasteiger partial charge in [-0.25, -0.2) is 0 Å². The Morgan fingerprint density at radius 1 is 0.714 bits per heavy atom. The van der Waals surface area contributed by atoms with E-state index in [1.54, 1.807) is 19.6 Å². The fraction of sp³-hybridized carbons (Fsp3) is 0.222. The van der Waals surface area contributed by atoms with E-state index in [1.807, 2.05) is 62.4 Å². The van der Waals surface area contributed by atoms with Crippen LogP contribution in [0.3, 0.4) is 0 Å². The maximum Gasteiger partial charge on any atom is 0.118 e. The molecule has 0 bridgehead atoms. The van der Waals surface area contributed by atoms with Crippen molar-refractivity contribution in [1.82, 2.24) is 0 Å². The standard InChI is InChI=1S/C8H10O.2C5H6O/c1-7-3-5-8(9-2)6-4-7;2*1-5-3-2-4-6-5/h3-6H,1-2H3;2*2-4H,1H3. The topological polar surface area (TPSA) is 35.5 Å². The molecule has 0 aliphatic heterocycles. The second-order valence-electron chi connectivity index (χ2n) is 4.46. The van der Waals surface area contributed by atoms with Gasteiger partial charge in [-0.05, 0) is 57.2 Å². The van der Waals surface area contributed by atoms with Crippen LogP contribution in [0.25, 0.3) is 0 Å². The molecule has 3 aromatic rings. The lowest BCUT2D eigenvalue weighted by molar-refractivity contribution is 0.414. The molecule has 0 fully saturated rings. The number of benzene rings is 1. The molecule has 0 unspecified atom stereocenters. The van der Waals surface area contributed by atoms with E-state index in [0.29, 0.717) is 0 Å². The Labute approximate surface area is 126 Å². The zero-order valence-corrected chi connectivity index (χ0v) is 13.0. The zero-order chi connectivity index (χ0) is 15.5. The number of rotatable bonds is 1. The predicted molar refractivity (Wildman–Crippen MR) is 84.6 cm³/mol. The molecule has 112 valence electrons. The van der Waals surface area contributed by atoms with Gasteiger partial charge in [0.25, 0.3) is 0 Å². The minimum atomic E-state index is 0.917. The molecular formula is C18H22O3. The molecule has 0 amide bonds. The minimum Gasteiger partial charge on any atom is -0.497 e. The molecule has 3 heteroatoms. The summed E-state index contributed by atoms with van der Waals surface area (Å²) < 4.78 is 14.6. The first-order valence-corrected chi connectivity index (χ1v) is 6.72. The van der Waals surface area contributed by atoms with Gasteiger partial charge in [-0.2, -0.15) is 0 Å². The number of furan rings is 2. The summed E-state index contributed by atoms with van der Waals surface area (Å²) in [5.74, 6) is 2.85. The highest BCUT2D eigenvalue weighted by atomic mass is 16.5. The fourth-order valence-corrected chi connectivity index (χ4v) is 1.40. The van der Waals surface area contributed by atoms with E-state index in [1.165, 1.54) is 5.56 Å². The SMILES string of the molecule is COc1ccc(C)cc1.Cc1ccco1.Cc1ccco1. The van der Waals surface area contributed by atoms with Gasteiger partial charge in [-0.15, -0.1) is 0 Å². The molecule has 2 aromatic heterocycles. The normalized spacial score (nSPS) is 8.95. The summed E-state index contributed by atoms with van der Waals surface area (Å²) in [6.45, 7) is 5.89. The van der Waals surface area contributed by atoms with Crippen LogP contribution in [-0.2, 0) is 0 Å². The Morgan fingerprint density at radius 2 is 1.19 bits per heavy atom. The number of hydrogen-bond acceptors (Lipinski definition) is 3. The Kier molecular flexibility index (Phi) is 7.51. The third kappa shape index (κ3) is 7.67. The Morgan fingerprint density at radius 3 is 1.43 bits per heavy atom. The smallest absolute Gasteiger partial charge is 0.118 e. The van der Waals surface area contributed by atoms with Crippen LogP contribution < -0.4 is 4.74 Å². The maximum atomic E-state index is 4.97. The van der Waals surface area contributed by atoms with Gasteiger partial charge in [-0.1, -0.05) is 17.7 Å². The average Bonchev–Trinajstić information content (AvgIpc) is 3.15. The highest BCUT2D eigenvalue weighted by Crippen LogP contribution is 2.09. The van der Waals surface area contributed by atoms with E-state index >= 15 is 0 Å². The average molecular weight is 286 g/mol. The molecule has 0 N–H and O–H groups in total. The van der Waals surface area contributed by atoms with Crippen LogP contribution in [-0.4, -0.2) is 7.11 Å². The molecular weight excluding hydrogens is 264 g/mol. The highest BCUT2D eigenvalue weighted by Gasteiger charge is 1.85. The largest absolute Gasteiger partial charge is 0.497 e. The molecule has 0 saturated heterocycles. The number of aryl methyl sites for hydroxylation is 3. The van der Waals surface area contributed by atoms with Crippen molar-refractivity contribution in [3.8, 4) is 5.75 Å². The van der Waals surface area contributed by atoms with Gasteiger partial charge in [0.15, 0.2) is 0 Å². The molecule has 0 spiro atoms. The molecule has 1 aromatic carbocycles. The summed E-state index contributed by atoms with van der Waals surface area (Å²) in [6, 6.07) is 15.5. The molecule has 0 aliphatic rings. The van der Waals surface area contributed by atoms with Crippen molar-refractivity contribution in [2.45, 2.75) is 20.8 Å². The van der Waals surface area contributed by atoms with E-state index in [9.17, 15) is 0 Å². The summed E-state index contributed by atoms with van der Waals surface area (Å²) in [6.07, 6.45) is 3.32. The summed E-state index contributed by atoms with van der Waals surface area (Å²) in [4.78, 5) is 0. The Bertz CT molecular complexity index is 531. The number of hydrogen-bond donors (Lipinski definition) is 0. The molecule has 21 heavy (non-hydrogen) atoms. The summed E-state index contributed by atoms with van der Waals surface area (Å²) in [7, 11) is 1.67. The second-order valence-corrected chi connectivity index (χ2v) is 4.46. The van der Waals surface area contributed by atoms with Crippen LogP contribution in [0.1, 0.15) is 17.1 Å². The van der Waals surface area contributed by atoms with E-state index in [4.69, 9.17) is 13.6 Å². The Hall–Kier alpha value is -2.42. The van der Waals surface area contributed by atoms with Crippen LogP contribution >= 0.6 is 0 Å². The molecule has 3 nitrogen and oxygen atoms in total. The lowest BCUT2D eigenvalue weighted by Gasteiger charge is -1.97. The highest BCUT2D eigenvalue weighted by molar-refractivity contribution is 5.25. The first-order chi connectivity index (χ1) is 10.1. The van der Waals surface area contributed by atoms with Crippen LogP contribution in [0.15, 0.2) is 69.9 Å². The van der Waals surface area contributed by atoms with Crippen molar-refractivity contribution in [3.63, 3.8) is 0 Å². The van der Waals surface area contributed by atoms with E-state index < -0.39 is 0 Å². The van der Waals surface area contributed by atoms with Crippen molar-refractivity contribution < 1.29 is 13.6 Å². The summed E-state index contributed by atoms with van der Waals surface area (Å²) in [5, 5.41) is 0. The van der Waals surface area contributed by atoms with Gasteiger partial charge in [-0.3, -0.25) is 0 Å². The molecule has 3 rings (SSSR count). The van der Waals surface area contributed by atoms with Gasteiger partial charge in [0.05, 0.1) is 19.6 Å². The molecule has 0 radical (unpaired) electrons. The van der Waals surface area contributed by atoms with Gasteiger partial charge in [0.1, 0.15) is 17.3 Å². The van der Waals surface area contributed by atoms with E-state index in [-0.39, 0.29) is 0 Å². The lowest BCUT2D eigenvalue weighted by Crippen LogP contribution is -1.80. The minimum absolute atomic E-state index is 0.917. The van der Waals surface area contributed by atoms with Crippen LogP contribution in [0.5, 0.6) is 5.75 Å². The predicted octanol–water partition coefficient (Wildman–Crippen LogP) is 5.18. The third-order valence-electron chi connectivity index (χ3n) is 2.58.